The summed E-state index contributed by atoms with van der Waals surface area (Å²) in [6.45, 7) is 6.61. The quantitative estimate of drug-likeness (QED) is 0.0413. The Balaban J connectivity index is 0.000000128. The zero-order valence-corrected chi connectivity index (χ0v) is 80.2. The maximum absolute atomic E-state index is 12.6. The van der Waals surface area contributed by atoms with Crippen LogP contribution in [0.4, 0.5) is 41.1 Å². The Hall–Kier alpha value is -14.1. The summed E-state index contributed by atoms with van der Waals surface area (Å²) in [6, 6.07) is 74.8. The number of fused-ring (bicyclic) bond motifs is 4. The molecule has 2 amide bonds. The van der Waals surface area contributed by atoms with Crippen molar-refractivity contribution in [3.8, 4) is 109 Å². The summed E-state index contributed by atoms with van der Waals surface area (Å²) in [5, 5.41) is 50.5. The topological polar surface area (TPSA) is 332 Å². The molecule has 7 aromatic heterocycles. The first-order valence-corrected chi connectivity index (χ1v) is 50.8. The van der Waals surface area contributed by atoms with E-state index >= 15 is 0 Å². The number of alkyl halides is 2. The van der Waals surface area contributed by atoms with Gasteiger partial charge in [-0.3, -0.25) is 35.0 Å². The number of ether oxygens (including phenoxy) is 3. The second kappa shape index (κ2) is 41.5. The first-order chi connectivity index (χ1) is 66.7. The molecule has 7 heterocycles. The highest BCUT2D eigenvalue weighted by Gasteiger charge is 2.36. The highest BCUT2D eigenvalue weighted by atomic mass is 35.5. The molecule has 5 saturated carbocycles. The van der Waals surface area contributed by atoms with Crippen LogP contribution in [0.25, 0.3) is 122 Å². The lowest BCUT2D eigenvalue weighted by molar-refractivity contribution is 0.0819. The van der Waals surface area contributed by atoms with Crippen LogP contribution in [0.15, 0.2) is 225 Å². The number of aromatic nitrogens is 7. The molecule has 0 aliphatic heterocycles. The first kappa shape index (κ1) is 95.6. The lowest BCUT2D eigenvalue weighted by Gasteiger charge is -2.30. The van der Waals surface area contributed by atoms with Crippen LogP contribution in [-0.2, 0) is 29.5 Å². The normalized spacial score (nSPS) is 14.5. The average molecular weight is 1950 g/mol. The smallest absolute Gasteiger partial charge is 0.411 e. The molecule has 138 heavy (non-hydrogen) atoms. The predicted molar refractivity (Wildman–Crippen MR) is 540 cm³/mol. The molecule has 0 spiro atoms. The van der Waals surface area contributed by atoms with Crippen LogP contribution >= 0.6 is 34.8 Å². The van der Waals surface area contributed by atoms with E-state index < -0.39 is 45.3 Å². The molecule has 20 rings (SSSR count). The third-order valence-electron chi connectivity index (χ3n) is 25.8. The van der Waals surface area contributed by atoms with Gasteiger partial charge in [0.25, 0.3) is 6.43 Å². The Bertz CT molecular complexity index is 7580. The van der Waals surface area contributed by atoms with Crippen molar-refractivity contribution >= 4 is 133 Å². The van der Waals surface area contributed by atoms with E-state index in [0.29, 0.717) is 90.2 Å². The molecule has 4 N–H and O–H groups in total. The van der Waals surface area contributed by atoms with Gasteiger partial charge in [-0.1, -0.05) is 127 Å². The lowest BCUT2D eigenvalue weighted by atomic mass is 9.92. The number of hydrogen-bond acceptors (Lipinski definition) is 16. The van der Waals surface area contributed by atoms with Crippen molar-refractivity contribution in [3.05, 3.63) is 262 Å². The van der Waals surface area contributed by atoms with Crippen molar-refractivity contribution in [2.45, 2.75) is 167 Å². The number of nitriles is 4. The van der Waals surface area contributed by atoms with Crippen molar-refractivity contribution in [1.29, 1.82) is 21.0 Å². The van der Waals surface area contributed by atoms with E-state index in [9.17, 15) is 56.3 Å². The van der Waals surface area contributed by atoms with Gasteiger partial charge in [0.15, 0.2) is 0 Å². The van der Waals surface area contributed by atoms with Crippen LogP contribution < -0.4 is 24.8 Å². The van der Waals surface area contributed by atoms with Gasteiger partial charge in [-0.05, 0) is 244 Å². The Labute approximate surface area is 813 Å². The zero-order chi connectivity index (χ0) is 96.8. The SMILES string of the molecule is CC(C)OC(=O)Nc1ccc(-c2c(C#N)c3ccc(-c4ccccn4)cc3n2C2CCC2)cc1Cl.CCCS(=O)(=O)Nc1ccc(-c2c(C#N)c3ccc(-c4ccccn4)cc3n2C2CCC2)cc1Cl.CS(=O)(=O)Nc1ccc(-c2c(C#N)c3ccc(OCC(F)F)cc3n2C2CCC2)cc1.C[C@@H](OC(=O)Nc1ccc(-c2c(C#N)c3ccc(-c4ccccn4)cc3n2C2CCC2)cc1Cl)C1CC1. The monoisotopic (exact) mass is 1940 g/mol. The number of anilines is 4. The fourth-order valence-corrected chi connectivity index (χ4v) is 20.7. The molecule has 24 nitrogen and oxygen atoms in total. The number of hydrogen-bond donors (Lipinski definition) is 4. The molecule has 31 heteroatoms. The molecule has 5 aliphatic carbocycles. The van der Waals surface area contributed by atoms with Crippen molar-refractivity contribution < 1.29 is 49.4 Å². The number of nitrogens with zero attached hydrogens (tertiary/aromatic N) is 11. The molecular weight excluding hydrogens is 1850 g/mol. The maximum Gasteiger partial charge on any atom is 0.411 e. The number of amides is 2. The summed E-state index contributed by atoms with van der Waals surface area (Å²) in [4.78, 5) is 37.9. The predicted octanol–water partition coefficient (Wildman–Crippen LogP) is 27.2. The molecule has 15 aromatic rings. The number of rotatable bonds is 25. The average Bonchev–Trinajstić information content (AvgIpc) is 1.59. The van der Waals surface area contributed by atoms with E-state index in [2.05, 4.69) is 95.8 Å². The second-order valence-corrected chi connectivity index (χ2v) is 40.3. The van der Waals surface area contributed by atoms with Gasteiger partial charge in [0.05, 0.1) is 134 Å². The molecular formula is C107H98Cl3F2N15O9S2. The van der Waals surface area contributed by atoms with Crippen molar-refractivity contribution in [2.24, 2.45) is 5.92 Å². The molecule has 0 saturated heterocycles. The summed E-state index contributed by atoms with van der Waals surface area (Å²) in [6.07, 6.45) is 17.9. The summed E-state index contributed by atoms with van der Waals surface area (Å²) in [5.41, 5.74) is 20.0. The summed E-state index contributed by atoms with van der Waals surface area (Å²) >= 11 is 19.7. The Kier molecular flexibility index (Phi) is 28.7. The van der Waals surface area contributed by atoms with E-state index in [-0.39, 0.29) is 30.0 Å². The van der Waals surface area contributed by atoms with Crippen LogP contribution in [0.2, 0.25) is 15.1 Å². The van der Waals surface area contributed by atoms with Gasteiger partial charge in [-0.2, -0.15) is 21.0 Å². The third-order valence-corrected chi connectivity index (χ3v) is 28.8. The number of carbonyl (C=O) groups excluding carboxylic acids is 2. The summed E-state index contributed by atoms with van der Waals surface area (Å²) in [7, 11) is -6.86. The third kappa shape index (κ3) is 20.8. The first-order valence-electron chi connectivity index (χ1n) is 46.1. The number of halogens is 5. The number of sulfonamides is 2. The largest absolute Gasteiger partial charge is 0.488 e. The molecule has 8 aromatic carbocycles. The lowest BCUT2D eigenvalue weighted by Crippen LogP contribution is -2.21. The van der Waals surface area contributed by atoms with Gasteiger partial charge in [-0.25, -0.2) is 35.2 Å². The molecule has 1 atom stereocenters. The van der Waals surface area contributed by atoms with Crippen LogP contribution in [-0.4, -0.2) is 99.5 Å². The number of pyridine rings is 3. The van der Waals surface area contributed by atoms with Crippen LogP contribution in [0, 0.1) is 51.2 Å². The standard InChI is InChI=1S/C30H27ClN4O2.C28H25ClN4O2.C27H25ClN4O2S.C22H21F2N3O3S/c1-18(19-8-9-19)37-30(36)34-27-13-11-21(15-25(27)31)29-24(17-32)23-12-10-20(26-7-2-3-14-33-26)16-28(23)35(29)22-5-4-6-22;1-17(2)35-28(34)32-25-12-10-19(14-23(25)29)27-22(16-30)21-11-9-18(24-8-3-4-13-31-24)15-26(21)33(27)20-6-5-7-20;1-2-14-35(33,34)31-25-12-10-19(15-23(25)28)27-22(17-29)21-11-9-18(24-8-3-4-13-30-24)16-26(21)32(27)20-6-5-7-20;1-31(28,29)26-15-7-5-14(6-8-15)22-19(12-25)18-10-9-17(30-13-21(23)24)11-20(18)27(22)16-3-2-4-16/h2-3,7,10-16,18-19,22H,4-6,8-9H2,1H3,(H,34,36);3-4,8-15,17,20H,5-7H2,1-2H3,(H,32,34);3-4,8-13,15-16,20,31H,2,5-7,14H2,1H3;5-11,16,21,26H,2-4,13H2,1H3/t18-;;;/m1.../s1. The summed E-state index contributed by atoms with van der Waals surface area (Å²) < 4.78 is 102. The van der Waals surface area contributed by atoms with E-state index in [1.165, 1.54) is 0 Å². The highest BCUT2D eigenvalue weighted by Crippen LogP contribution is 2.51. The fraction of sp³-hybridized carbons (Fsp3) is 0.280. The highest BCUT2D eigenvalue weighted by molar-refractivity contribution is 7.92. The fourth-order valence-electron chi connectivity index (χ4n) is 18.2. The number of nitrogens with one attached hydrogen (secondary N) is 4. The van der Waals surface area contributed by atoms with E-state index in [1.54, 1.807) is 105 Å². The number of carbonyl (C=O) groups is 2. The maximum atomic E-state index is 12.6. The van der Waals surface area contributed by atoms with Gasteiger partial charge in [0.1, 0.15) is 42.7 Å². The van der Waals surface area contributed by atoms with E-state index in [4.69, 9.17) is 49.0 Å². The zero-order valence-electron chi connectivity index (χ0n) is 76.3. The molecule has 702 valence electrons. The van der Waals surface area contributed by atoms with Gasteiger partial charge < -0.3 is 32.5 Å². The molecule has 0 bridgehead atoms. The van der Waals surface area contributed by atoms with Crippen LogP contribution in [0.1, 0.15) is 170 Å². The van der Waals surface area contributed by atoms with E-state index in [0.717, 1.165) is 219 Å². The van der Waals surface area contributed by atoms with E-state index in [1.807, 2.05) is 129 Å². The minimum Gasteiger partial charge on any atom is -0.488 e. The van der Waals surface area contributed by atoms with Crippen LogP contribution in [0.3, 0.4) is 0 Å². The number of benzene rings is 8. The van der Waals surface area contributed by atoms with Gasteiger partial charge in [-0.15, -0.1) is 0 Å². The minimum atomic E-state index is -3.46. The Morgan fingerprint density at radius 2 is 0.783 bits per heavy atom. The van der Waals surface area contributed by atoms with Crippen molar-refractivity contribution in [3.63, 3.8) is 0 Å². The molecule has 5 aliphatic rings. The Morgan fingerprint density at radius 3 is 1.10 bits per heavy atom. The van der Waals surface area contributed by atoms with Gasteiger partial charge in [0, 0.05) is 109 Å². The Morgan fingerprint density at radius 1 is 0.435 bits per heavy atom. The molecule has 0 radical (unpaired) electrons. The molecule has 0 unspecified atom stereocenters. The second-order valence-electron chi connectivity index (χ2n) is 35.5. The van der Waals surface area contributed by atoms with Gasteiger partial charge >= 0.3 is 12.2 Å². The van der Waals surface area contributed by atoms with Crippen molar-refractivity contribution in [2.75, 3.05) is 38.7 Å². The minimum absolute atomic E-state index is 0.0260. The van der Waals surface area contributed by atoms with Crippen molar-refractivity contribution in [1.82, 2.24) is 33.2 Å². The van der Waals surface area contributed by atoms with Gasteiger partial charge in [0.2, 0.25) is 20.0 Å². The molecule has 5 fully saturated rings. The summed E-state index contributed by atoms with van der Waals surface area (Å²) in [5.74, 6) is 0.812. The van der Waals surface area contributed by atoms with Crippen LogP contribution in [0.5, 0.6) is 5.75 Å².